The van der Waals surface area contributed by atoms with Crippen LogP contribution in [-0.4, -0.2) is 41.9 Å². The zero-order chi connectivity index (χ0) is 13.2. The van der Waals surface area contributed by atoms with Crippen LogP contribution in [-0.2, 0) is 9.53 Å². The summed E-state index contributed by atoms with van der Waals surface area (Å²) in [6.07, 6.45) is 7.55. The lowest BCUT2D eigenvalue weighted by Crippen LogP contribution is -2.44. The highest BCUT2D eigenvalue weighted by Crippen LogP contribution is 2.49. The van der Waals surface area contributed by atoms with Crippen LogP contribution >= 0.6 is 15.9 Å². The van der Waals surface area contributed by atoms with Gasteiger partial charge in [0.2, 0.25) is 5.91 Å². The number of ether oxygens (including phenoxy) is 1. The molecular weight excluding hydrogens is 306 g/mol. The molecule has 0 aromatic heterocycles. The molecule has 2 aliphatic carbocycles. The third-order valence-corrected chi connectivity index (χ3v) is 5.56. The molecule has 1 amide bonds. The van der Waals surface area contributed by atoms with E-state index in [0.717, 1.165) is 43.8 Å². The molecule has 3 unspecified atom stereocenters. The summed E-state index contributed by atoms with van der Waals surface area (Å²) in [6, 6.07) is 0. The zero-order valence-corrected chi connectivity index (χ0v) is 13.1. The lowest BCUT2D eigenvalue weighted by atomic mass is 9.87. The Hall–Kier alpha value is -0.0900. The first-order chi connectivity index (χ1) is 9.28. The van der Waals surface area contributed by atoms with Crippen molar-refractivity contribution >= 4 is 21.8 Å². The molecule has 0 spiro atoms. The lowest BCUT2D eigenvalue weighted by Gasteiger charge is -2.35. The van der Waals surface area contributed by atoms with Gasteiger partial charge >= 0.3 is 0 Å². The van der Waals surface area contributed by atoms with Crippen molar-refractivity contribution in [1.29, 1.82) is 0 Å². The Balaban J connectivity index is 1.47. The average molecular weight is 330 g/mol. The number of piperidine rings is 1. The van der Waals surface area contributed by atoms with Crippen LogP contribution in [0.5, 0.6) is 0 Å². The number of alkyl halides is 1. The molecule has 3 fully saturated rings. The Kier molecular flexibility index (Phi) is 4.47. The quantitative estimate of drug-likeness (QED) is 0.742. The molecule has 2 saturated carbocycles. The van der Waals surface area contributed by atoms with Crippen molar-refractivity contribution in [3.05, 3.63) is 0 Å². The fraction of sp³-hybridized carbons (Fsp3) is 0.933. The molecule has 2 bridgehead atoms. The highest BCUT2D eigenvalue weighted by atomic mass is 79.9. The lowest BCUT2D eigenvalue weighted by molar-refractivity contribution is -0.139. The number of halogens is 1. The van der Waals surface area contributed by atoms with Crippen LogP contribution in [0.1, 0.15) is 38.5 Å². The molecule has 3 aliphatic rings. The van der Waals surface area contributed by atoms with E-state index in [4.69, 9.17) is 4.74 Å². The standard InChI is InChI=1S/C15H24BrNO2/c16-5-8-19-13-3-6-17(7-4-13)15(18)14-10-11-1-2-12(14)9-11/h11-14H,1-10H2. The molecule has 19 heavy (non-hydrogen) atoms. The van der Waals surface area contributed by atoms with Crippen molar-refractivity contribution in [1.82, 2.24) is 4.90 Å². The van der Waals surface area contributed by atoms with E-state index in [-0.39, 0.29) is 0 Å². The summed E-state index contributed by atoms with van der Waals surface area (Å²) >= 11 is 3.39. The minimum atomic E-state index is 0.360. The van der Waals surface area contributed by atoms with Crippen LogP contribution in [0, 0.1) is 17.8 Å². The van der Waals surface area contributed by atoms with Gasteiger partial charge in [0.25, 0.3) is 0 Å². The van der Waals surface area contributed by atoms with Crippen LogP contribution in [0.25, 0.3) is 0 Å². The third kappa shape index (κ3) is 2.99. The van der Waals surface area contributed by atoms with E-state index < -0.39 is 0 Å². The van der Waals surface area contributed by atoms with Gasteiger partial charge in [-0.3, -0.25) is 4.79 Å². The van der Waals surface area contributed by atoms with Crippen molar-refractivity contribution in [2.45, 2.75) is 44.6 Å². The van der Waals surface area contributed by atoms with E-state index in [1.54, 1.807) is 0 Å². The second-order valence-electron chi connectivity index (χ2n) is 6.37. The van der Waals surface area contributed by atoms with Crippen LogP contribution in [0.3, 0.4) is 0 Å². The number of nitrogens with zero attached hydrogens (tertiary/aromatic N) is 1. The molecule has 1 heterocycles. The summed E-state index contributed by atoms with van der Waals surface area (Å²) in [6.45, 7) is 2.59. The summed E-state index contributed by atoms with van der Waals surface area (Å²) in [5.74, 6) is 2.38. The Bertz CT molecular complexity index is 328. The molecule has 0 N–H and O–H groups in total. The van der Waals surface area contributed by atoms with Crippen LogP contribution in [0.4, 0.5) is 0 Å². The maximum absolute atomic E-state index is 12.6. The van der Waals surface area contributed by atoms with Gasteiger partial charge in [0.1, 0.15) is 0 Å². The third-order valence-electron chi connectivity index (χ3n) is 5.24. The topological polar surface area (TPSA) is 29.5 Å². The number of likely N-dealkylation sites (tertiary alicyclic amines) is 1. The number of hydrogen-bond donors (Lipinski definition) is 0. The molecule has 1 aliphatic heterocycles. The van der Waals surface area contributed by atoms with E-state index in [0.29, 0.717) is 23.8 Å². The highest BCUT2D eigenvalue weighted by molar-refractivity contribution is 9.09. The fourth-order valence-corrected chi connectivity index (χ4v) is 4.42. The molecule has 3 rings (SSSR count). The van der Waals surface area contributed by atoms with Crippen LogP contribution in [0.2, 0.25) is 0 Å². The second kappa shape index (κ2) is 6.13. The first kappa shape index (κ1) is 13.9. The van der Waals surface area contributed by atoms with Gasteiger partial charge in [-0.1, -0.05) is 22.4 Å². The Morgan fingerprint density at radius 1 is 1.16 bits per heavy atom. The predicted octanol–water partition coefficient (Wildman–Crippen LogP) is 2.83. The first-order valence-corrected chi connectivity index (χ1v) is 8.86. The van der Waals surface area contributed by atoms with E-state index in [9.17, 15) is 4.79 Å². The molecule has 108 valence electrons. The SMILES string of the molecule is O=C(C1CC2CCC1C2)N1CCC(OCCBr)CC1. The largest absolute Gasteiger partial charge is 0.377 e. The number of rotatable bonds is 4. The average Bonchev–Trinajstić information content (AvgIpc) is 3.07. The molecule has 1 saturated heterocycles. The number of fused-ring (bicyclic) bond motifs is 2. The van der Waals surface area contributed by atoms with Gasteiger partial charge in [-0.05, 0) is 43.9 Å². The minimum Gasteiger partial charge on any atom is -0.377 e. The molecule has 3 nitrogen and oxygen atoms in total. The van der Waals surface area contributed by atoms with Gasteiger partial charge in [-0.2, -0.15) is 0 Å². The van der Waals surface area contributed by atoms with Gasteiger partial charge in [0, 0.05) is 24.3 Å². The Labute approximate surface area is 124 Å². The summed E-state index contributed by atoms with van der Waals surface area (Å²) < 4.78 is 5.75. The summed E-state index contributed by atoms with van der Waals surface area (Å²) in [4.78, 5) is 14.7. The number of hydrogen-bond acceptors (Lipinski definition) is 2. The Morgan fingerprint density at radius 3 is 2.53 bits per heavy atom. The zero-order valence-electron chi connectivity index (χ0n) is 11.5. The summed E-state index contributed by atoms with van der Waals surface area (Å²) in [7, 11) is 0. The summed E-state index contributed by atoms with van der Waals surface area (Å²) in [5, 5.41) is 0.900. The van der Waals surface area contributed by atoms with Gasteiger partial charge in [0.15, 0.2) is 0 Å². The van der Waals surface area contributed by atoms with E-state index in [1.165, 1.54) is 25.7 Å². The molecule has 0 aromatic carbocycles. The van der Waals surface area contributed by atoms with Gasteiger partial charge in [0.05, 0.1) is 12.7 Å². The Morgan fingerprint density at radius 2 is 1.95 bits per heavy atom. The van der Waals surface area contributed by atoms with Crippen molar-refractivity contribution in [3.8, 4) is 0 Å². The fourth-order valence-electron chi connectivity index (χ4n) is 4.24. The van der Waals surface area contributed by atoms with E-state index >= 15 is 0 Å². The van der Waals surface area contributed by atoms with Crippen molar-refractivity contribution in [3.63, 3.8) is 0 Å². The van der Waals surface area contributed by atoms with Crippen LogP contribution in [0.15, 0.2) is 0 Å². The van der Waals surface area contributed by atoms with Gasteiger partial charge in [-0.25, -0.2) is 0 Å². The number of carbonyl (C=O) groups excluding carboxylic acids is 1. The van der Waals surface area contributed by atoms with E-state index in [1.807, 2.05) is 0 Å². The number of amides is 1. The van der Waals surface area contributed by atoms with E-state index in [2.05, 4.69) is 20.8 Å². The summed E-state index contributed by atoms with van der Waals surface area (Å²) in [5.41, 5.74) is 0. The normalized spacial score (nSPS) is 35.0. The molecule has 3 atom stereocenters. The maximum atomic E-state index is 12.6. The maximum Gasteiger partial charge on any atom is 0.225 e. The molecule has 4 heteroatoms. The van der Waals surface area contributed by atoms with Gasteiger partial charge < -0.3 is 9.64 Å². The molecule has 0 aromatic rings. The minimum absolute atomic E-state index is 0.360. The monoisotopic (exact) mass is 329 g/mol. The number of carbonyl (C=O) groups is 1. The second-order valence-corrected chi connectivity index (χ2v) is 7.16. The molecular formula is C15H24BrNO2. The van der Waals surface area contributed by atoms with Gasteiger partial charge in [-0.15, -0.1) is 0 Å². The van der Waals surface area contributed by atoms with Crippen LogP contribution < -0.4 is 0 Å². The highest BCUT2D eigenvalue weighted by Gasteiger charge is 2.44. The molecule has 0 radical (unpaired) electrons. The smallest absolute Gasteiger partial charge is 0.225 e. The predicted molar refractivity (Wildman–Crippen MR) is 78.3 cm³/mol. The van der Waals surface area contributed by atoms with Crippen molar-refractivity contribution in [2.24, 2.45) is 17.8 Å². The van der Waals surface area contributed by atoms with Crippen molar-refractivity contribution in [2.75, 3.05) is 25.0 Å². The first-order valence-electron chi connectivity index (χ1n) is 7.74. The van der Waals surface area contributed by atoms with Crippen molar-refractivity contribution < 1.29 is 9.53 Å².